The van der Waals surface area contributed by atoms with Gasteiger partial charge in [0.05, 0.1) is 22.2 Å². The van der Waals surface area contributed by atoms with E-state index < -0.39 is 5.97 Å². The lowest BCUT2D eigenvalue weighted by Gasteiger charge is -2.07. The average Bonchev–Trinajstić information content (AvgIpc) is 2.40. The smallest absolute Gasteiger partial charge is 0.330 e. The summed E-state index contributed by atoms with van der Waals surface area (Å²) in [5.74, 6) is -0.395. The summed E-state index contributed by atoms with van der Waals surface area (Å²) < 4.78 is 4.86. The Labute approximate surface area is 127 Å². The molecule has 2 aromatic rings. The highest BCUT2D eigenvalue weighted by Gasteiger charge is 2.09. The maximum atomic E-state index is 11.4. The predicted molar refractivity (Wildman–Crippen MR) is 82.2 cm³/mol. The van der Waals surface area contributed by atoms with Crippen LogP contribution in [0.15, 0.2) is 24.3 Å². The van der Waals surface area contributed by atoms with E-state index in [2.05, 4.69) is 4.98 Å². The van der Waals surface area contributed by atoms with Crippen LogP contribution in [0, 0.1) is 6.92 Å². The van der Waals surface area contributed by atoms with Gasteiger partial charge in [-0.3, -0.25) is 4.98 Å². The highest BCUT2D eigenvalue weighted by molar-refractivity contribution is 6.40. The first-order chi connectivity index (χ1) is 9.52. The summed E-state index contributed by atoms with van der Waals surface area (Å²) in [7, 11) is 0. The minimum Gasteiger partial charge on any atom is -0.463 e. The molecule has 0 aliphatic rings. The number of hydrogen-bond acceptors (Lipinski definition) is 3. The van der Waals surface area contributed by atoms with Gasteiger partial charge in [-0.2, -0.15) is 0 Å². The standard InChI is InChI=1S/C15H13Cl2NO2/c1-3-20-13(19)7-4-10-8-9(2)18-15-12(17)6-5-11(16)14(10)15/h4-8H,3H2,1-2H3/b7-4+. The van der Waals surface area contributed by atoms with E-state index in [-0.39, 0.29) is 0 Å². The van der Waals surface area contributed by atoms with E-state index in [1.165, 1.54) is 6.08 Å². The number of esters is 1. The second kappa shape index (κ2) is 6.25. The third-order valence-corrected chi connectivity index (χ3v) is 3.32. The minimum absolute atomic E-state index is 0.339. The number of carbonyl (C=O) groups excluding carboxylic acids is 1. The zero-order valence-electron chi connectivity index (χ0n) is 11.1. The Hall–Kier alpha value is -1.58. The number of pyridine rings is 1. The van der Waals surface area contributed by atoms with Crippen molar-refractivity contribution in [2.24, 2.45) is 0 Å². The van der Waals surface area contributed by atoms with Crippen LogP contribution in [-0.2, 0) is 9.53 Å². The fraction of sp³-hybridized carbons (Fsp3) is 0.200. The topological polar surface area (TPSA) is 39.2 Å². The van der Waals surface area contributed by atoms with Gasteiger partial charge in [0.1, 0.15) is 0 Å². The number of benzene rings is 1. The Bertz CT molecular complexity index is 696. The summed E-state index contributed by atoms with van der Waals surface area (Å²) in [6, 6.07) is 5.27. The Morgan fingerprint density at radius 2 is 2.05 bits per heavy atom. The van der Waals surface area contributed by atoms with Crippen LogP contribution < -0.4 is 0 Å². The van der Waals surface area contributed by atoms with Crippen molar-refractivity contribution in [1.82, 2.24) is 4.98 Å². The van der Waals surface area contributed by atoms with Gasteiger partial charge >= 0.3 is 5.97 Å². The number of nitrogens with zero attached hydrogens (tertiary/aromatic N) is 1. The van der Waals surface area contributed by atoms with E-state index in [1.807, 2.05) is 13.0 Å². The summed E-state index contributed by atoms with van der Waals surface area (Å²) in [5.41, 5.74) is 2.21. The molecule has 0 saturated carbocycles. The molecule has 0 saturated heterocycles. The lowest BCUT2D eigenvalue weighted by atomic mass is 10.1. The van der Waals surface area contributed by atoms with Crippen LogP contribution in [0.5, 0.6) is 0 Å². The number of ether oxygens (including phenoxy) is 1. The van der Waals surface area contributed by atoms with E-state index in [1.54, 1.807) is 25.1 Å². The van der Waals surface area contributed by atoms with Gasteiger partial charge in [0.15, 0.2) is 0 Å². The van der Waals surface area contributed by atoms with Gasteiger partial charge in [-0.1, -0.05) is 23.2 Å². The summed E-state index contributed by atoms with van der Waals surface area (Å²) in [6.45, 7) is 3.96. The van der Waals surface area contributed by atoms with Crippen LogP contribution in [0.2, 0.25) is 10.0 Å². The number of aryl methyl sites for hydroxylation is 1. The maximum absolute atomic E-state index is 11.4. The van der Waals surface area contributed by atoms with E-state index >= 15 is 0 Å². The van der Waals surface area contributed by atoms with Crippen molar-refractivity contribution in [3.8, 4) is 0 Å². The first-order valence-electron chi connectivity index (χ1n) is 6.13. The van der Waals surface area contributed by atoms with Gasteiger partial charge < -0.3 is 4.74 Å². The van der Waals surface area contributed by atoms with Gasteiger partial charge in [-0.25, -0.2) is 4.79 Å². The molecular formula is C15H13Cl2NO2. The van der Waals surface area contributed by atoms with Crippen molar-refractivity contribution < 1.29 is 9.53 Å². The molecule has 0 fully saturated rings. The highest BCUT2D eigenvalue weighted by atomic mass is 35.5. The van der Waals surface area contributed by atoms with Gasteiger partial charge in [0, 0.05) is 17.2 Å². The lowest BCUT2D eigenvalue weighted by molar-refractivity contribution is -0.137. The molecule has 1 aromatic heterocycles. The molecule has 2 rings (SSSR count). The molecule has 0 amide bonds. The summed E-state index contributed by atoms with van der Waals surface area (Å²) in [6.07, 6.45) is 3.03. The molecular weight excluding hydrogens is 297 g/mol. The zero-order valence-corrected chi connectivity index (χ0v) is 12.6. The molecule has 0 bridgehead atoms. The third kappa shape index (κ3) is 3.11. The molecule has 0 spiro atoms. The Morgan fingerprint density at radius 1 is 1.35 bits per heavy atom. The molecule has 20 heavy (non-hydrogen) atoms. The third-order valence-electron chi connectivity index (χ3n) is 2.70. The first-order valence-corrected chi connectivity index (χ1v) is 6.88. The number of aromatic nitrogens is 1. The quantitative estimate of drug-likeness (QED) is 0.622. The molecule has 1 aromatic carbocycles. The number of halogens is 2. The van der Waals surface area contributed by atoms with Crippen molar-refractivity contribution in [2.45, 2.75) is 13.8 Å². The normalized spacial score (nSPS) is 11.2. The Morgan fingerprint density at radius 3 is 2.75 bits per heavy atom. The highest BCUT2D eigenvalue weighted by Crippen LogP contribution is 2.32. The van der Waals surface area contributed by atoms with Crippen molar-refractivity contribution in [3.05, 3.63) is 45.6 Å². The van der Waals surface area contributed by atoms with Gasteiger partial charge in [-0.15, -0.1) is 0 Å². The molecule has 0 N–H and O–H groups in total. The van der Waals surface area contributed by atoms with E-state index in [9.17, 15) is 4.79 Å². The van der Waals surface area contributed by atoms with Crippen LogP contribution >= 0.6 is 23.2 Å². The second-order valence-electron chi connectivity index (χ2n) is 4.19. The molecule has 5 heteroatoms. The van der Waals surface area contributed by atoms with Gasteiger partial charge in [0.2, 0.25) is 0 Å². The van der Waals surface area contributed by atoms with E-state index in [0.717, 1.165) is 16.6 Å². The van der Waals surface area contributed by atoms with Crippen LogP contribution in [0.25, 0.3) is 17.0 Å². The van der Waals surface area contributed by atoms with E-state index in [0.29, 0.717) is 22.2 Å². The second-order valence-corrected chi connectivity index (χ2v) is 5.01. The van der Waals surface area contributed by atoms with Crippen LogP contribution in [0.3, 0.4) is 0 Å². The molecule has 3 nitrogen and oxygen atoms in total. The predicted octanol–water partition coefficient (Wildman–Crippen LogP) is 4.43. The first kappa shape index (κ1) is 14.8. The average molecular weight is 310 g/mol. The number of fused-ring (bicyclic) bond motifs is 1. The fourth-order valence-electron chi connectivity index (χ4n) is 1.91. The fourth-order valence-corrected chi connectivity index (χ4v) is 2.37. The number of rotatable bonds is 3. The van der Waals surface area contributed by atoms with Gasteiger partial charge in [0.25, 0.3) is 0 Å². The summed E-state index contributed by atoms with van der Waals surface area (Å²) in [5, 5.41) is 1.80. The van der Waals surface area contributed by atoms with Crippen molar-refractivity contribution >= 4 is 46.2 Å². The van der Waals surface area contributed by atoms with Crippen LogP contribution in [0.1, 0.15) is 18.2 Å². The molecule has 0 atom stereocenters. The van der Waals surface area contributed by atoms with Crippen molar-refractivity contribution in [1.29, 1.82) is 0 Å². The maximum Gasteiger partial charge on any atom is 0.330 e. The SMILES string of the molecule is CCOC(=O)/C=C/c1cc(C)nc2c(Cl)ccc(Cl)c12. The largest absolute Gasteiger partial charge is 0.463 e. The molecule has 0 aliphatic heterocycles. The Balaban J connectivity index is 2.58. The van der Waals surface area contributed by atoms with Crippen LogP contribution in [0.4, 0.5) is 0 Å². The minimum atomic E-state index is -0.395. The number of hydrogen-bond donors (Lipinski definition) is 0. The summed E-state index contributed by atoms with van der Waals surface area (Å²) >= 11 is 12.4. The van der Waals surface area contributed by atoms with Crippen molar-refractivity contribution in [2.75, 3.05) is 6.61 Å². The number of carbonyl (C=O) groups is 1. The van der Waals surface area contributed by atoms with E-state index in [4.69, 9.17) is 27.9 Å². The molecule has 0 unspecified atom stereocenters. The van der Waals surface area contributed by atoms with Crippen molar-refractivity contribution in [3.63, 3.8) is 0 Å². The monoisotopic (exact) mass is 309 g/mol. The van der Waals surface area contributed by atoms with Gasteiger partial charge in [-0.05, 0) is 43.7 Å². The lowest BCUT2D eigenvalue weighted by Crippen LogP contribution is -1.99. The Kier molecular flexibility index (Phi) is 4.63. The molecule has 104 valence electrons. The molecule has 0 aliphatic carbocycles. The molecule has 0 radical (unpaired) electrons. The van der Waals surface area contributed by atoms with Crippen LogP contribution in [-0.4, -0.2) is 17.6 Å². The summed E-state index contributed by atoms with van der Waals surface area (Å²) in [4.78, 5) is 15.8. The molecule has 1 heterocycles. The zero-order chi connectivity index (χ0) is 14.7.